The number of aromatic nitrogens is 1. The fourth-order valence-electron chi connectivity index (χ4n) is 5.69. The van der Waals surface area contributed by atoms with Crippen LogP contribution in [-0.2, 0) is 13.1 Å². The highest BCUT2D eigenvalue weighted by Gasteiger charge is 2.32. The monoisotopic (exact) mass is 631 g/mol. The van der Waals surface area contributed by atoms with E-state index < -0.39 is 11.6 Å². The Kier molecular flexibility index (Phi) is 9.35. The summed E-state index contributed by atoms with van der Waals surface area (Å²) in [6.07, 6.45) is 3.89. The van der Waals surface area contributed by atoms with Crippen molar-refractivity contribution in [2.24, 2.45) is 0 Å². The average molecular weight is 633 g/mol. The van der Waals surface area contributed by atoms with E-state index in [0.29, 0.717) is 23.2 Å². The number of likely N-dealkylation sites (tertiary alicyclic amines) is 1. The third-order valence-electron chi connectivity index (χ3n) is 7.85. The molecule has 6 nitrogen and oxygen atoms in total. The molecule has 40 heavy (non-hydrogen) atoms. The van der Waals surface area contributed by atoms with Crippen molar-refractivity contribution in [2.45, 2.75) is 44.9 Å². The summed E-state index contributed by atoms with van der Waals surface area (Å²) < 4.78 is 27.3. The Bertz CT molecular complexity index is 1340. The molecule has 1 aromatic heterocycles. The molecule has 0 radical (unpaired) electrons. The molecule has 0 spiro atoms. The van der Waals surface area contributed by atoms with Gasteiger partial charge in [0.2, 0.25) is 0 Å². The van der Waals surface area contributed by atoms with Gasteiger partial charge in [-0.05, 0) is 90.2 Å². The lowest BCUT2D eigenvalue weighted by Gasteiger charge is -2.47. The van der Waals surface area contributed by atoms with Gasteiger partial charge >= 0.3 is 0 Å². The molecule has 0 unspecified atom stereocenters. The largest absolute Gasteiger partial charge is 0.353 e. The number of halogens is 4. The Balaban J connectivity index is 1.12. The molecule has 0 bridgehead atoms. The lowest BCUT2D eigenvalue weighted by Crippen LogP contribution is -2.57. The number of carbonyl (C=O) groups is 1. The number of hydrogen-bond acceptors (Lipinski definition) is 5. The fraction of sp³-hybridized carbons (Fsp3) is 0.400. The van der Waals surface area contributed by atoms with Gasteiger partial charge in [0.05, 0.1) is 10.0 Å². The summed E-state index contributed by atoms with van der Waals surface area (Å²) in [6, 6.07) is 14.4. The van der Waals surface area contributed by atoms with Crippen molar-refractivity contribution in [1.29, 1.82) is 0 Å². The smallest absolute Gasteiger partial charge is 0.253 e. The minimum Gasteiger partial charge on any atom is -0.353 e. The van der Waals surface area contributed by atoms with Crippen LogP contribution in [0, 0.1) is 11.6 Å². The van der Waals surface area contributed by atoms with Gasteiger partial charge in [0.15, 0.2) is 11.6 Å². The number of carbonyl (C=O) groups excluding carboxylic acids is 1. The molecule has 2 aliphatic heterocycles. The van der Waals surface area contributed by atoms with Crippen LogP contribution in [0.3, 0.4) is 0 Å². The number of pyridine rings is 1. The van der Waals surface area contributed by atoms with Crippen molar-refractivity contribution < 1.29 is 13.6 Å². The van der Waals surface area contributed by atoms with Crippen LogP contribution in [0.5, 0.6) is 0 Å². The third kappa shape index (κ3) is 7.00. The van der Waals surface area contributed by atoms with E-state index in [2.05, 4.69) is 60.0 Å². The number of nitrogens with one attached hydrogen (secondary N) is 1. The van der Waals surface area contributed by atoms with Gasteiger partial charge in [-0.3, -0.25) is 14.6 Å². The average Bonchev–Trinajstić information content (AvgIpc) is 2.95. The predicted molar refractivity (Wildman–Crippen MR) is 158 cm³/mol. The Morgan fingerprint density at radius 1 is 1.02 bits per heavy atom. The van der Waals surface area contributed by atoms with E-state index in [1.807, 2.05) is 12.1 Å². The van der Waals surface area contributed by atoms with Crippen LogP contribution in [-0.4, -0.2) is 65.5 Å². The Hall–Kier alpha value is -2.59. The summed E-state index contributed by atoms with van der Waals surface area (Å²) in [5.74, 6) is -1.36. The maximum atomic E-state index is 13.4. The highest BCUT2D eigenvalue weighted by Crippen LogP contribution is 2.29. The van der Waals surface area contributed by atoms with Crippen LogP contribution in [0.2, 0.25) is 5.02 Å². The number of amides is 1. The number of anilines is 1. The van der Waals surface area contributed by atoms with Gasteiger partial charge in [-0.1, -0.05) is 29.8 Å². The molecule has 0 aliphatic carbocycles. The summed E-state index contributed by atoms with van der Waals surface area (Å²) >= 11 is 9.64. The predicted octanol–water partition coefficient (Wildman–Crippen LogP) is 5.88. The zero-order valence-corrected chi connectivity index (χ0v) is 24.8. The molecule has 1 atom stereocenters. The zero-order chi connectivity index (χ0) is 28.2. The molecule has 1 N–H and O–H groups in total. The topological polar surface area (TPSA) is 51.7 Å². The molecular formula is C30H33BrClF2N5O. The van der Waals surface area contributed by atoms with E-state index in [0.717, 1.165) is 79.6 Å². The summed E-state index contributed by atoms with van der Waals surface area (Å²) in [7, 11) is 0. The fourth-order valence-corrected chi connectivity index (χ4v) is 6.41. The molecule has 212 valence electrons. The lowest BCUT2D eigenvalue weighted by atomic mass is 9.99. The molecule has 1 amide bonds. The summed E-state index contributed by atoms with van der Waals surface area (Å²) in [4.78, 5) is 24.7. The van der Waals surface area contributed by atoms with Crippen molar-refractivity contribution in [2.75, 3.05) is 37.6 Å². The first-order valence-electron chi connectivity index (χ1n) is 13.6. The highest BCUT2D eigenvalue weighted by molar-refractivity contribution is 9.10. The molecule has 3 aromatic rings. The van der Waals surface area contributed by atoms with Crippen LogP contribution in [0.25, 0.3) is 0 Å². The van der Waals surface area contributed by atoms with Crippen LogP contribution in [0.15, 0.2) is 59.2 Å². The second kappa shape index (κ2) is 12.9. The van der Waals surface area contributed by atoms with Gasteiger partial charge in [-0.25, -0.2) is 13.8 Å². The first-order chi connectivity index (χ1) is 19.3. The molecule has 10 heteroatoms. The van der Waals surface area contributed by atoms with E-state index in [9.17, 15) is 13.6 Å². The second-order valence-electron chi connectivity index (χ2n) is 10.6. The quantitative estimate of drug-likeness (QED) is 0.353. The summed E-state index contributed by atoms with van der Waals surface area (Å²) in [6.45, 7) is 8.20. The Labute approximate surface area is 247 Å². The zero-order valence-electron chi connectivity index (χ0n) is 22.4. The molecule has 2 fully saturated rings. The van der Waals surface area contributed by atoms with Crippen LogP contribution in [0.4, 0.5) is 14.6 Å². The van der Waals surface area contributed by atoms with Crippen LogP contribution in [0.1, 0.15) is 41.3 Å². The number of benzene rings is 2. The number of nitrogens with zero attached hydrogens (tertiary/aromatic N) is 4. The van der Waals surface area contributed by atoms with E-state index in [1.54, 1.807) is 12.3 Å². The number of rotatable bonds is 7. The Morgan fingerprint density at radius 2 is 1.75 bits per heavy atom. The minimum atomic E-state index is -0.936. The van der Waals surface area contributed by atoms with Gasteiger partial charge in [0.1, 0.15) is 5.82 Å². The van der Waals surface area contributed by atoms with E-state index >= 15 is 0 Å². The van der Waals surface area contributed by atoms with Crippen molar-refractivity contribution in [1.82, 2.24) is 20.1 Å². The standard InChI is InChI=1S/C30H33BrClF2N5O/c1-20-18-38(12-13-39(20)25-8-10-37(11-9-25)19-21-2-5-24(32)6-3-21)29-26(31)15-23(17-35-29)30(40)36-16-22-4-7-27(33)28(34)14-22/h2-7,14-15,17,20,25H,8-13,16,18-19H2,1H3,(H,36,40)/t20-/m0/s1. The molecule has 2 aliphatic rings. The maximum Gasteiger partial charge on any atom is 0.253 e. The normalized spacial score (nSPS) is 19.1. The first-order valence-corrected chi connectivity index (χ1v) is 14.8. The third-order valence-corrected chi connectivity index (χ3v) is 8.68. The number of piperazine rings is 1. The summed E-state index contributed by atoms with van der Waals surface area (Å²) in [5.41, 5.74) is 2.18. The van der Waals surface area contributed by atoms with Gasteiger partial charge in [0, 0.05) is 56.0 Å². The first kappa shape index (κ1) is 28.9. The maximum absolute atomic E-state index is 13.4. The highest BCUT2D eigenvalue weighted by atomic mass is 79.9. The Morgan fingerprint density at radius 3 is 2.42 bits per heavy atom. The lowest BCUT2D eigenvalue weighted by molar-refractivity contribution is 0.0690. The minimum absolute atomic E-state index is 0.0922. The van der Waals surface area contributed by atoms with Gasteiger partial charge in [-0.2, -0.15) is 0 Å². The molecule has 5 rings (SSSR count). The van der Waals surface area contributed by atoms with Crippen molar-refractivity contribution in [3.63, 3.8) is 0 Å². The van der Waals surface area contributed by atoms with Crippen LogP contribution >= 0.6 is 27.5 Å². The van der Waals surface area contributed by atoms with E-state index in [4.69, 9.17) is 11.6 Å². The van der Waals surface area contributed by atoms with Crippen molar-refractivity contribution in [3.05, 3.63) is 92.5 Å². The van der Waals surface area contributed by atoms with Gasteiger partial charge in [-0.15, -0.1) is 0 Å². The number of hydrogen-bond donors (Lipinski definition) is 1. The number of piperidine rings is 1. The van der Waals surface area contributed by atoms with Crippen molar-refractivity contribution in [3.8, 4) is 0 Å². The molecule has 3 heterocycles. The van der Waals surface area contributed by atoms with E-state index in [-0.39, 0.29) is 12.5 Å². The van der Waals surface area contributed by atoms with Gasteiger partial charge < -0.3 is 10.2 Å². The van der Waals surface area contributed by atoms with E-state index in [1.165, 1.54) is 11.6 Å². The van der Waals surface area contributed by atoms with Crippen LogP contribution < -0.4 is 10.2 Å². The molecule has 2 aromatic carbocycles. The molecule has 0 saturated carbocycles. The van der Waals surface area contributed by atoms with Crippen molar-refractivity contribution >= 4 is 39.3 Å². The molecular weight excluding hydrogens is 600 g/mol. The SMILES string of the molecule is C[C@H]1CN(c2ncc(C(=O)NCc3ccc(F)c(F)c3)cc2Br)CCN1C1CCN(Cc2ccc(Cl)cc2)CC1. The van der Waals surface area contributed by atoms with Gasteiger partial charge in [0.25, 0.3) is 5.91 Å². The second-order valence-corrected chi connectivity index (χ2v) is 11.9. The summed E-state index contributed by atoms with van der Waals surface area (Å²) in [5, 5.41) is 3.51. The molecule has 2 saturated heterocycles.